The van der Waals surface area contributed by atoms with E-state index >= 15 is 4.39 Å². The Morgan fingerprint density at radius 2 is 1.74 bits per heavy atom. The molecule has 12 nitrogen and oxygen atoms in total. The Bertz CT molecular complexity index is 2190. The Morgan fingerprint density at radius 1 is 0.981 bits per heavy atom. The maximum atomic E-state index is 15.7. The number of piperazine rings is 1. The van der Waals surface area contributed by atoms with E-state index in [0.717, 1.165) is 24.8 Å². The third-order valence-corrected chi connectivity index (χ3v) is 9.75. The number of hydrogen-bond acceptors (Lipinski definition) is 8. The van der Waals surface area contributed by atoms with Gasteiger partial charge in [0.2, 0.25) is 0 Å². The molecule has 7 rings (SSSR count). The van der Waals surface area contributed by atoms with Gasteiger partial charge < -0.3 is 28.6 Å². The molecule has 0 spiro atoms. The van der Waals surface area contributed by atoms with Gasteiger partial charge in [0.15, 0.2) is 0 Å². The normalized spacial score (nSPS) is 16.5. The molecule has 0 N–H and O–H groups in total. The number of aryl methyl sites for hydroxylation is 1. The lowest BCUT2D eigenvalue weighted by atomic mass is 9.96. The number of halogens is 2. The number of aromatic nitrogens is 5. The molecule has 0 bridgehead atoms. The number of anilines is 1. The van der Waals surface area contributed by atoms with Gasteiger partial charge in [-0.15, -0.1) is 0 Å². The topological polar surface area (TPSA) is 109 Å². The molecule has 2 saturated heterocycles. The van der Waals surface area contributed by atoms with Gasteiger partial charge in [-0.1, -0.05) is 17.7 Å². The maximum Gasteiger partial charge on any atom is 0.410 e. The number of ether oxygens (including phenoxy) is 3. The number of amides is 1. The summed E-state index contributed by atoms with van der Waals surface area (Å²) < 4.78 is 38.1. The molecule has 0 aliphatic carbocycles. The fraction of sp³-hybridized carbons (Fsp3) is 0.385. The smallest absolute Gasteiger partial charge is 0.410 e. The summed E-state index contributed by atoms with van der Waals surface area (Å²) in [6.07, 6.45) is 9.47. The van der Waals surface area contributed by atoms with Gasteiger partial charge in [-0.3, -0.25) is 4.57 Å². The van der Waals surface area contributed by atoms with Crippen LogP contribution >= 0.6 is 11.6 Å². The highest BCUT2D eigenvalue weighted by Gasteiger charge is 2.28. The summed E-state index contributed by atoms with van der Waals surface area (Å²) in [5.74, 6) is 0.635. The van der Waals surface area contributed by atoms with Crippen molar-refractivity contribution in [2.45, 2.75) is 51.9 Å². The van der Waals surface area contributed by atoms with Gasteiger partial charge in [-0.2, -0.15) is 5.10 Å². The largest absolute Gasteiger partial charge is 0.495 e. The quantitative estimate of drug-likeness (QED) is 0.171. The molecule has 3 aromatic heterocycles. The summed E-state index contributed by atoms with van der Waals surface area (Å²) in [4.78, 5) is 34.3. The van der Waals surface area contributed by atoms with Crippen molar-refractivity contribution in [1.82, 2.24) is 28.8 Å². The molecule has 2 aromatic carbocycles. The average molecular weight is 744 g/mol. The second-order valence-corrected chi connectivity index (χ2v) is 14.8. The predicted molar refractivity (Wildman–Crippen MR) is 201 cm³/mol. The Morgan fingerprint density at radius 3 is 2.38 bits per heavy atom. The van der Waals surface area contributed by atoms with Gasteiger partial charge in [0.05, 0.1) is 29.7 Å². The molecular weight excluding hydrogens is 701 g/mol. The van der Waals surface area contributed by atoms with Crippen LogP contribution in [-0.2, 0) is 16.5 Å². The maximum absolute atomic E-state index is 15.7. The zero-order valence-electron chi connectivity index (χ0n) is 30.5. The van der Waals surface area contributed by atoms with E-state index in [2.05, 4.69) is 10.00 Å². The summed E-state index contributed by atoms with van der Waals surface area (Å²) in [5.41, 5.74) is 3.39. The van der Waals surface area contributed by atoms with E-state index in [1.807, 2.05) is 43.8 Å². The van der Waals surface area contributed by atoms with Gasteiger partial charge in [0.25, 0.3) is 0 Å². The van der Waals surface area contributed by atoms with E-state index in [1.165, 1.54) is 21.3 Å². The molecule has 5 aromatic rings. The number of imidazole rings is 1. The Hall–Kier alpha value is -5.14. The number of rotatable bonds is 7. The Labute approximate surface area is 312 Å². The highest BCUT2D eigenvalue weighted by molar-refractivity contribution is 6.32. The minimum Gasteiger partial charge on any atom is -0.495 e. The molecule has 2 aliphatic rings. The number of pyridine rings is 1. The molecule has 278 valence electrons. The number of carbonyl (C=O) groups excluding carboxylic acids is 1. The highest BCUT2D eigenvalue weighted by atomic mass is 35.5. The molecule has 2 fully saturated rings. The average Bonchev–Trinajstić information content (AvgIpc) is 3.77. The monoisotopic (exact) mass is 743 g/mol. The van der Waals surface area contributed by atoms with E-state index in [9.17, 15) is 9.59 Å². The van der Waals surface area contributed by atoms with Gasteiger partial charge in [-0.05, 0) is 87.6 Å². The lowest BCUT2D eigenvalue weighted by molar-refractivity contribution is -0.0394. The van der Waals surface area contributed by atoms with Crippen LogP contribution in [0.4, 0.5) is 15.0 Å². The van der Waals surface area contributed by atoms with Crippen LogP contribution in [0.2, 0.25) is 5.02 Å². The molecule has 1 unspecified atom stereocenters. The van der Waals surface area contributed by atoms with Crippen LogP contribution in [-0.4, -0.2) is 80.4 Å². The summed E-state index contributed by atoms with van der Waals surface area (Å²) in [5, 5.41) is 4.95. The fourth-order valence-corrected chi connectivity index (χ4v) is 7.02. The van der Waals surface area contributed by atoms with Gasteiger partial charge in [0.1, 0.15) is 29.2 Å². The molecule has 1 atom stereocenters. The minimum absolute atomic E-state index is 0.148. The summed E-state index contributed by atoms with van der Waals surface area (Å²) in [6.45, 7) is 8.18. The molecule has 53 heavy (non-hydrogen) atoms. The minimum atomic E-state index is -0.594. The van der Waals surface area contributed by atoms with E-state index in [0.29, 0.717) is 83.0 Å². The fourth-order valence-electron chi connectivity index (χ4n) is 6.75. The summed E-state index contributed by atoms with van der Waals surface area (Å²) in [7, 11) is 3.21. The molecule has 1 amide bonds. The first-order valence-electron chi connectivity index (χ1n) is 17.7. The van der Waals surface area contributed by atoms with Crippen LogP contribution in [0.3, 0.4) is 0 Å². The van der Waals surface area contributed by atoms with E-state index in [1.54, 1.807) is 55.8 Å². The zero-order valence-corrected chi connectivity index (χ0v) is 31.3. The Kier molecular flexibility index (Phi) is 10.1. The third kappa shape index (κ3) is 7.67. The molecule has 2 aliphatic heterocycles. The molecule has 0 saturated carbocycles. The molecule has 0 radical (unpaired) electrons. The van der Waals surface area contributed by atoms with Crippen molar-refractivity contribution in [2.24, 2.45) is 7.05 Å². The van der Waals surface area contributed by atoms with Crippen molar-refractivity contribution < 1.29 is 23.4 Å². The second-order valence-electron chi connectivity index (χ2n) is 14.3. The second kappa shape index (κ2) is 14.7. The number of hydrogen-bond donors (Lipinski definition) is 0. The summed E-state index contributed by atoms with van der Waals surface area (Å²) >= 11 is 6.74. The zero-order chi connectivity index (χ0) is 37.4. The van der Waals surface area contributed by atoms with Crippen LogP contribution in [0.5, 0.6) is 5.75 Å². The van der Waals surface area contributed by atoms with Crippen LogP contribution < -0.4 is 15.3 Å². The van der Waals surface area contributed by atoms with Crippen molar-refractivity contribution in [3.63, 3.8) is 0 Å². The van der Waals surface area contributed by atoms with Crippen molar-refractivity contribution in [3.05, 3.63) is 88.6 Å². The SMILES string of the molecule is COc1c(-c2cc(-c3cnn(C4CCCCO4)c3)nc(N3CCN(C(=O)OC(C)(C)C)CC3)c2)cc(F)cc1-c1ccc(-n2ccn(C)c2=O)c(Cl)c1. The van der Waals surface area contributed by atoms with Gasteiger partial charge in [0, 0.05) is 75.1 Å². The van der Waals surface area contributed by atoms with E-state index < -0.39 is 11.4 Å². The van der Waals surface area contributed by atoms with Crippen LogP contribution in [0, 0.1) is 5.82 Å². The number of nitrogens with zero attached hydrogens (tertiary/aromatic N) is 7. The first-order valence-corrected chi connectivity index (χ1v) is 18.1. The molecular formula is C39H43ClFN7O5. The van der Waals surface area contributed by atoms with E-state index in [-0.39, 0.29) is 18.0 Å². The molecule has 14 heteroatoms. The standard InChI is InChI=1S/C39H43ClFN7O5/c1-39(2,3)53-38(50)46-14-12-45(13-15-46)34-20-26(19-32(43-34)27-23-42-48(24-27)35-8-6-7-17-52-35)30-22-28(41)21-29(36(30)51-5)25-9-10-33(31(40)18-25)47-16-11-44(4)37(47)49/h9-11,16,18-24,35H,6-8,12-15,17H2,1-5H3. The molecule has 5 heterocycles. The highest BCUT2D eigenvalue weighted by Crippen LogP contribution is 2.43. The van der Waals surface area contributed by atoms with Crippen LogP contribution in [0.15, 0.2) is 72.0 Å². The number of carbonyl (C=O) groups is 1. The first-order chi connectivity index (χ1) is 25.4. The van der Waals surface area contributed by atoms with Crippen molar-refractivity contribution >= 4 is 23.5 Å². The Balaban J connectivity index is 1.28. The van der Waals surface area contributed by atoms with Gasteiger partial charge in [-0.25, -0.2) is 23.6 Å². The van der Waals surface area contributed by atoms with Crippen LogP contribution in [0.25, 0.3) is 39.2 Å². The third-order valence-electron chi connectivity index (χ3n) is 9.45. The lowest BCUT2D eigenvalue weighted by Gasteiger charge is -2.36. The number of methoxy groups -OCH3 is 1. The first kappa shape index (κ1) is 36.2. The van der Waals surface area contributed by atoms with Crippen molar-refractivity contribution in [1.29, 1.82) is 0 Å². The van der Waals surface area contributed by atoms with E-state index in [4.69, 9.17) is 30.8 Å². The number of benzene rings is 2. The lowest BCUT2D eigenvalue weighted by Crippen LogP contribution is -2.50. The van der Waals surface area contributed by atoms with Crippen molar-refractivity contribution in [3.8, 4) is 44.9 Å². The van der Waals surface area contributed by atoms with Crippen LogP contribution in [0.1, 0.15) is 46.3 Å². The van der Waals surface area contributed by atoms with Crippen molar-refractivity contribution in [2.75, 3.05) is 44.8 Å². The predicted octanol–water partition coefficient (Wildman–Crippen LogP) is 7.33. The van der Waals surface area contributed by atoms with Gasteiger partial charge >= 0.3 is 11.8 Å². The summed E-state index contributed by atoms with van der Waals surface area (Å²) in [6, 6.07) is 11.9.